The lowest BCUT2D eigenvalue weighted by atomic mass is 9.99. The minimum absolute atomic E-state index is 0.501. The van der Waals surface area contributed by atoms with Gasteiger partial charge in [-0.25, -0.2) is 0 Å². The molecule has 0 radical (unpaired) electrons. The number of benzene rings is 1. The quantitative estimate of drug-likeness (QED) is 0.879. The van der Waals surface area contributed by atoms with Gasteiger partial charge in [0.25, 0.3) is 0 Å². The summed E-state index contributed by atoms with van der Waals surface area (Å²) in [6, 6.07) is 5.66. The van der Waals surface area contributed by atoms with Gasteiger partial charge < -0.3 is 10.1 Å². The van der Waals surface area contributed by atoms with Crippen LogP contribution in [0.4, 0.5) is 0 Å². The third-order valence-electron chi connectivity index (χ3n) is 2.53. The van der Waals surface area contributed by atoms with E-state index < -0.39 is 11.9 Å². The van der Waals surface area contributed by atoms with E-state index in [4.69, 9.17) is 5.11 Å². The second-order valence-electron chi connectivity index (χ2n) is 3.47. The normalized spacial score (nSPS) is 12.9. The predicted octanol–water partition coefficient (Wildman–Crippen LogP) is 3.12. The van der Waals surface area contributed by atoms with Crippen LogP contribution in [0.15, 0.2) is 28.9 Å². The third kappa shape index (κ3) is 1.65. The van der Waals surface area contributed by atoms with E-state index in [1.165, 1.54) is 0 Å². The Balaban J connectivity index is 2.66. The molecule has 4 heteroatoms. The highest BCUT2D eigenvalue weighted by molar-refractivity contribution is 9.10. The van der Waals surface area contributed by atoms with Crippen molar-refractivity contribution < 1.29 is 9.90 Å². The van der Waals surface area contributed by atoms with Crippen LogP contribution in [0.1, 0.15) is 18.4 Å². The molecular weight excluding hydrogens is 258 g/mol. The fraction of sp³-hybridized carbons (Fsp3) is 0.182. The molecule has 0 saturated carbocycles. The van der Waals surface area contributed by atoms with Gasteiger partial charge in [0.2, 0.25) is 0 Å². The number of para-hydroxylation sites is 1. The summed E-state index contributed by atoms with van der Waals surface area (Å²) in [6.07, 6.45) is 1.82. The minimum Gasteiger partial charge on any atom is -0.481 e. The van der Waals surface area contributed by atoms with Crippen molar-refractivity contribution in [3.8, 4) is 0 Å². The molecular formula is C11H10BrNO2. The van der Waals surface area contributed by atoms with E-state index in [0.29, 0.717) is 0 Å². The number of halogens is 1. The van der Waals surface area contributed by atoms with E-state index in [0.717, 1.165) is 20.9 Å². The molecule has 2 aromatic rings. The van der Waals surface area contributed by atoms with Crippen molar-refractivity contribution in [2.45, 2.75) is 12.8 Å². The summed E-state index contributed by atoms with van der Waals surface area (Å²) in [7, 11) is 0. The number of hydrogen-bond donors (Lipinski definition) is 2. The Morgan fingerprint density at radius 2 is 2.27 bits per heavy atom. The molecule has 0 spiro atoms. The minimum atomic E-state index is -0.812. The number of H-pyrrole nitrogens is 1. The molecule has 0 aliphatic heterocycles. The Bertz CT molecular complexity index is 518. The van der Waals surface area contributed by atoms with Crippen molar-refractivity contribution in [3.63, 3.8) is 0 Å². The molecule has 0 fully saturated rings. The van der Waals surface area contributed by atoms with Gasteiger partial charge in [-0.15, -0.1) is 0 Å². The van der Waals surface area contributed by atoms with E-state index in [-0.39, 0.29) is 0 Å². The van der Waals surface area contributed by atoms with Gasteiger partial charge in [0, 0.05) is 16.1 Å². The molecule has 0 bridgehead atoms. The smallest absolute Gasteiger partial charge is 0.310 e. The SMILES string of the molecule is CC(C(=O)O)c1cccc2c(Br)c[nH]c12. The van der Waals surface area contributed by atoms with Crippen LogP contribution in [0.5, 0.6) is 0 Å². The van der Waals surface area contributed by atoms with Crippen LogP contribution in [0, 0.1) is 0 Å². The lowest BCUT2D eigenvalue weighted by molar-refractivity contribution is -0.138. The van der Waals surface area contributed by atoms with Gasteiger partial charge in [-0.3, -0.25) is 4.79 Å². The van der Waals surface area contributed by atoms with Crippen molar-refractivity contribution in [1.29, 1.82) is 0 Å². The van der Waals surface area contributed by atoms with Gasteiger partial charge in [0.05, 0.1) is 11.4 Å². The standard InChI is InChI=1S/C11H10BrNO2/c1-6(11(14)15)7-3-2-4-8-9(12)5-13-10(7)8/h2-6,13H,1H3,(H,14,15). The Morgan fingerprint density at radius 1 is 1.53 bits per heavy atom. The van der Waals surface area contributed by atoms with Gasteiger partial charge in [-0.05, 0) is 28.4 Å². The molecule has 0 aliphatic rings. The average Bonchev–Trinajstić information content (AvgIpc) is 2.59. The molecule has 1 aromatic heterocycles. The summed E-state index contributed by atoms with van der Waals surface area (Å²) >= 11 is 3.41. The first-order chi connectivity index (χ1) is 7.11. The summed E-state index contributed by atoms with van der Waals surface area (Å²) in [5, 5.41) is 9.99. The summed E-state index contributed by atoms with van der Waals surface area (Å²) in [6.45, 7) is 1.69. The summed E-state index contributed by atoms with van der Waals surface area (Å²) in [5.74, 6) is -1.31. The molecule has 0 saturated heterocycles. The number of aromatic nitrogens is 1. The highest BCUT2D eigenvalue weighted by Crippen LogP contribution is 2.29. The van der Waals surface area contributed by atoms with Crippen molar-refractivity contribution >= 4 is 32.8 Å². The third-order valence-corrected chi connectivity index (χ3v) is 3.19. The highest BCUT2D eigenvalue weighted by Gasteiger charge is 2.17. The molecule has 1 unspecified atom stereocenters. The maximum Gasteiger partial charge on any atom is 0.310 e. The number of rotatable bonds is 2. The number of aromatic amines is 1. The van der Waals surface area contributed by atoms with Crippen molar-refractivity contribution in [3.05, 3.63) is 34.4 Å². The zero-order chi connectivity index (χ0) is 11.0. The first-order valence-corrected chi connectivity index (χ1v) is 5.39. The van der Waals surface area contributed by atoms with Crippen LogP contribution in [-0.4, -0.2) is 16.1 Å². The molecule has 3 nitrogen and oxygen atoms in total. The number of carboxylic acids is 1. The Kier molecular flexibility index (Phi) is 2.52. The zero-order valence-electron chi connectivity index (χ0n) is 8.12. The van der Waals surface area contributed by atoms with Crippen LogP contribution >= 0.6 is 15.9 Å². The zero-order valence-corrected chi connectivity index (χ0v) is 9.71. The van der Waals surface area contributed by atoms with E-state index in [2.05, 4.69) is 20.9 Å². The van der Waals surface area contributed by atoms with Crippen LogP contribution < -0.4 is 0 Å². The molecule has 1 aromatic carbocycles. The van der Waals surface area contributed by atoms with Crippen LogP contribution in [0.25, 0.3) is 10.9 Å². The van der Waals surface area contributed by atoms with E-state index in [1.54, 1.807) is 6.92 Å². The summed E-state index contributed by atoms with van der Waals surface area (Å²) < 4.78 is 0.955. The van der Waals surface area contributed by atoms with Crippen molar-refractivity contribution in [2.75, 3.05) is 0 Å². The van der Waals surface area contributed by atoms with Crippen LogP contribution in [-0.2, 0) is 4.79 Å². The summed E-state index contributed by atoms with van der Waals surface area (Å²) in [4.78, 5) is 14.0. The molecule has 1 heterocycles. The topological polar surface area (TPSA) is 53.1 Å². The molecule has 0 aliphatic carbocycles. The van der Waals surface area contributed by atoms with E-state index >= 15 is 0 Å². The Labute approximate surface area is 95.2 Å². The van der Waals surface area contributed by atoms with Gasteiger partial charge in [-0.2, -0.15) is 0 Å². The lowest BCUT2D eigenvalue weighted by Gasteiger charge is -2.07. The van der Waals surface area contributed by atoms with Crippen LogP contribution in [0.3, 0.4) is 0 Å². The maximum atomic E-state index is 10.9. The van der Waals surface area contributed by atoms with E-state index in [1.807, 2.05) is 24.4 Å². The maximum absolute atomic E-state index is 10.9. The Morgan fingerprint density at radius 3 is 2.93 bits per heavy atom. The first kappa shape index (κ1) is 10.2. The fourth-order valence-corrected chi connectivity index (χ4v) is 2.08. The molecule has 2 N–H and O–H groups in total. The summed E-state index contributed by atoms with van der Waals surface area (Å²) in [5.41, 5.74) is 1.70. The van der Waals surface area contributed by atoms with Crippen molar-refractivity contribution in [1.82, 2.24) is 4.98 Å². The van der Waals surface area contributed by atoms with E-state index in [9.17, 15) is 4.79 Å². The molecule has 1 atom stereocenters. The molecule has 15 heavy (non-hydrogen) atoms. The highest BCUT2D eigenvalue weighted by atomic mass is 79.9. The Hall–Kier alpha value is -1.29. The van der Waals surface area contributed by atoms with Crippen molar-refractivity contribution in [2.24, 2.45) is 0 Å². The lowest BCUT2D eigenvalue weighted by Crippen LogP contribution is -2.07. The number of carbonyl (C=O) groups is 1. The number of nitrogens with one attached hydrogen (secondary N) is 1. The second kappa shape index (κ2) is 3.70. The monoisotopic (exact) mass is 267 g/mol. The van der Waals surface area contributed by atoms with Gasteiger partial charge >= 0.3 is 5.97 Å². The number of fused-ring (bicyclic) bond motifs is 1. The average molecular weight is 268 g/mol. The molecule has 0 amide bonds. The largest absolute Gasteiger partial charge is 0.481 e. The molecule has 78 valence electrons. The van der Waals surface area contributed by atoms with Gasteiger partial charge in [-0.1, -0.05) is 18.2 Å². The van der Waals surface area contributed by atoms with Gasteiger partial charge in [0.15, 0.2) is 0 Å². The number of carboxylic acid groups (broad SMARTS) is 1. The fourth-order valence-electron chi connectivity index (χ4n) is 1.64. The first-order valence-electron chi connectivity index (χ1n) is 4.59. The predicted molar refractivity (Wildman–Crippen MR) is 62.0 cm³/mol. The van der Waals surface area contributed by atoms with Crippen LogP contribution in [0.2, 0.25) is 0 Å². The van der Waals surface area contributed by atoms with Gasteiger partial charge in [0.1, 0.15) is 0 Å². The number of aliphatic carboxylic acids is 1. The molecule has 2 rings (SSSR count). The number of hydrogen-bond acceptors (Lipinski definition) is 1. The second-order valence-corrected chi connectivity index (χ2v) is 4.32.